The van der Waals surface area contributed by atoms with E-state index in [-0.39, 0.29) is 5.78 Å². The van der Waals surface area contributed by atoms with Crippen molar-refractivity contribution in [3.05, 3.63) is 95.1 Å². The summed E-state index contributed by atoms with van der Waals surface area (Å²) >= 11 is 0. The highest BCUT2D eigenvalue weighted by Crippen LogP contribution is 2.31. The van der Waals surface area contributed by atoms with E-state index in [1.165, 1.54) is 16.7 Å². The average molecular weight is 342 g/mol. The first-order valence-electron chi connectivity index (χ1n) is 9.31. The smallest absolute Gasteiger partial charge is 0.193 e. The monoisotopic (exact) mass is 342 g/mol. The van der Waals surface area contributed by atoms with E-state index in [0.29, 0.717) is 11.8 Å². The van der Waals surface area contributed by atoms with Gasteiger partial charge in [-0.3, -0.25) is 4.79 Å². The summed E-state index contributed by atoms with van der Waals surface area (Å²) in [7, 11) is 0. The van der Waals surface area contributed by atoms with Crippen LogP contribution in [0.3, 0.4) is 0 Å². The first-order valence-corrected chi connectivity index (χ1v) is 9.31. The predicted octanol–water partition coefficient (Wildman–Crippen LogP) is 6.83. The normalized spacial score (nSPS) is 11.2. The van der Waals surface area contributed by atoms with Crippen LogP contribution in [0.4, 0.5) is 0 Å². The molecule has 1 nitrogen and oxygen atoms in total. The third-order valence-electron chi connectivity index (χ3n) is 4.85. The number of rotatable bonds is 5. The fourth-order valence-corrected chi connectivity index (χ4v) is 3.35. The van der Waals surface area contributed by atoms with Crippen molar-refractivity contribution in [2.24, 2.45) is 0 Å². The molecule has 0 radical (unpaired) electrons. The van der Waals surface area contributed by atoms with Crippen LogP contribution in [0.5, 0.6) is 0 Å². The lowest BCUT2D eigenvalue weighted by molar-refractivity contribution is 0.103. The number of hydrogen-bond donors (Lipinski definition) is 0. The number of carbonyl (C=O) groups is 1. The van der Waals surface area contributed by atoms with Gasteiger partial charge in [0.05, 0.1) is 0 Å². The van der Waals surface area contributed by atoms with Crippen molar-refractivity contribution in [1.82, 2.24) is 0 Å². The Morgan fingerprint density at radius 2 is 1.15 bits per heavy atom. The summed E-state index contributed by atoms with van der Waals surface area (Å²) in [4.78, 5) is 12.6. The minimum atomic E-state index is 0.0650. The van der Waals surface area contributed by atoms with Gasteiger partial charge in [-0.05, 0) is 34.1 Å². The molecule has 26 heavy (non-hydrogen) atoms. The van der Waals surface area contributed by atoms with Crippen LogP contribution >= 0.6 is 0 Å². The van der Waals surface area contributed by atoms with Gasteiger partial charge in [-0.2, -0.15) is 0 Å². The quantitative estimate of drug-likeness (QED) is 0.464. The second-order valence-corrected chi connectivity index (χ2v) is 7.43. The predicted molar refractivity (Wildman–Crippen MR) is 110 cm³/mol. The van der Waals surface area contributed by atoms with E-state index in [1.54, 1.807) is 0 Å². The van der Waals surface area contributed by atoms with Crippen LogP contribution in [0.1, 0.15) is 66.6 Å². The molecule has 0 aliphatic heterocycles. The van der Waals surface area contributed by atoms with Crippen LogP contribution in [-0.4, -0.2) is 5.78 Å². The van der Waals surface area contributed by atoms with Crippen molar-refractivity contribution in [3.63, 3.8) is 0 Å². The zero-order chi connectivity index (χ0) is 18.7. The van der Waals surface area contributed by atoms with Gasteiger partial charge in [0.15, 0.2) is 5.78 Å². The maximum atomic E-state index is 12.6. The molecule has 0 saturated heterocycles. The lowest BCUT2D eigenvalue weighted by Crippen LogP contribution is -2.01. The molecular weight excluding hydrogens is 316 g/mol. The second-order valence-electron chi connectivity index (χ2n) is 7.43. The van der Waals surface area contributed by atoms with Crippen molar-refractivity contribution in [2.45, 2.75) is 39.5 Å². The maximum Gasteiger partial charge on any atom is 0.193 e. The topological polar surface area (TPSA) is 17.1 Å². The molecule has 3 aromatic rings. The van der Waals surface area contributed by atoms with Gasteiger partial charge < -0.3 is 0 Å². The lowest BCUT2D eigenvalue weighted by Gasteiger charge is -2.17. The van der Waals surface area contributed by atoms with E-state index in [2.05, 4.69) is 45.9 Å². The first-order chi connectivity index (χ1) is 12.5. The van der Waals surface area contributed by atoms with Crippen molar-refractivity contribution >= 4 is 5.78 Å². The van der Waals surface area contributed by atoms with Gasteiger partial charge in [-0.15, -0.1) is 0 Å². The van der Waals surface area contributed by atoms with Gasteiger partial charge in [0, 0.05) is 11.1 Å². The van der Waals surface area contributed by atoms with Gasteiger partial charge in [-0.1, -0.05) is 100 Å². The first kappa shape index (κ1) is 18.1. The Labute approximate surface area is 156 Å². The molecule has 0 spiro atoms. The van der Waals surface area contributed by atoms with E-state index in [9.17, 15) is 4.79 Å². The highest BCUT2D eigenvalue weighted by Gasteiger charge is 2.12. The molecule has 0 amide bonds. The molecule has 0 heterocycles. The summed E-state index contributed by atoms with van der Waals surface area (Å²) in [6.45, 7) is 8.97. The van der Waals surface area contributed by atoms with Crippen molar-refractivity contribution in [1.29, 1.82) is 0 Å². The Balaban J connectivity index is 1.91. The fourth-order valence-electron chi connectivity index (χ4n) is 3.35. The molecule has 3 rings (SSSR count). The molecule has 0 bridgehead atoms. The van der Waals surface area contributed by atoms with Gasteiger partial charge in [0.1, 0.15) is 0 Å². The highest BCUT2D eigenvalue weighted by molar-refractivity contribution is 6.09. The standard InChI is InChI=1S/C25H26O/c1-17(2)23-15-14-22(16-24(23)18(3)4)19-10-12-21(13-11-19)25(26)20-8-6-5-7-9-20/h5-18H,1-4H3. The summed E-state index contributed by atoms with van der Waals surface area (Å²) in [5.41, 5.74) is 6.62. The van der Waals surface area contributed by atoms with Gasteiger partial charge in [0.2, 0.25) is 0 Å². The van der Waals surface area contributed by atoms with Gasteiger partial charge in [-0.25, -0.2) is 0 Å². The highest BCUT2D eigenvalue weighted by atomic mass is 16.1. The Morgan fingerprint density at radius 3 is 1.73 bits per heavy atom. The molecule has 0 N–H and O–H groups in total. The Kier molecular flexibility index (Phi) is 5.37. The van der Waals surface area contributed by atoms with Crippen molar-refractivity contribution < 1.29 is 4.79 Å². The molecule has 0 unspecified atom stereocenters. The Morgan fingerprint density at radius 1 is 0.615 bits per heavy atom. The van der Waals surface area contributed by atoms with E-state index in [0.717, 1.165) is 16.7 Å². The van der Waals surface area contributed by atoms with Gasteiger partial charge >= 0.3 is 0 Å². The maximum absolute atomic E-state index is 12.6. The lowest BCUT2D eigenvalue weighted by atomic mass is 9.88. The number of benzene rings is 3. The minimum absolute atomic E-state index is 0.0650. The minimum Gasteiger partial charge on any atom is -0.289 e. The summed E-state index contributed by atoms with van der Waals surface area (Å²) < 4.78 is 0. The molecule has 0 atom stereocenters. The van der Waals surface area contributed by atoms with E-state index in [1.807, 2.05) is 54.6 Å². The third-order valence-corrected chi connectivity index (χ3v) is 4.85. The summed E-state index contributed by atoms with van der Waals surface area (Å²) in [6, 6.07) is 24.1. The molecule has 3 aromatic carbocycles. The Bertz CT molecular complexity index is 887. The fraction of sp³-hybridized carbons (Fsp3) is 0.240. The van der Waals surface area contributed by atoms with Crippen LogP contribution < -0.4 is 0 Å². The zero-order valence-electron chi connectivity index (χ0n) is 16.0. The summed E-state index contributed by atoms with van der Waals surface area (Å²) in [5, 5.41) is 0. The van der Waals surface area contributed by atoms with Crippen molar-refractivity contribution in [2.75, 3.05) is 0 Å². The van der Waals surface area contributed by atoms with E-state index >= 15 is 0 Å². The summed E-state index contributed by atoms with van der Waals surface area (Å²) in [6.07, 6.45) is 0. The molecule has 0 saturated carbocycles. The second kappa shape index (κ2) is 7.70. The number of ketones is 1. The van der Waals surface area contributed by atoms with Gasteiger partial charge in [0.25, 0.3) is 0 Å². The van der Waals surface area contributed by atoms with Crippen LogP contribution in [-0.2, 0) is 0 Å². The molecule has 1 heteroatoms. The van der Waals surface area contributed by atoms with Crippen molar-refractivity contribution in [3.8, 4) is 11.1 Å². The third kappa shape index (κ3) is 3.77. The van der Waals surface area contributed by atoms with E-state index < -0.39 is 0 Å². The van der Waals surface area contributed by atoms with Crippen LogP contribution in [0.25, 0.3) is 11.1 Å². The number of hydrogen-bond acceptors (Lipinski definition) is 1. The van der Waals surface area contributed by atoms with Crippen LogP contribution in [0.2, 0.25) is 0 Å². The molecule has 0 aromatic heterocycles. The average Bonchev–Trinajstić information content (AvgIpc) is 2.67. The van der Waals surface area contributed by atoms with Crippen LogP contribution in [0, 0.1) is 0 Å². The molecular formula is C25H26O. The summed E-state index contributed by atoms with van der Waals surface area (Å²) in [5.74, 6) is 1.08. The molecule has 0 fully saturated rings. The Hall–Kier alpha value is -2.67. The molecule has 0 aliphatic rings. The van der Waals surface area contributed by atoms with E-state index in [4.69, 9.17) is 0 Å². The van der Waals surface area contributed by atoms with Crippen LogP contribution in [0.15, 0.2) is 72.8 Å². The molecule has 132 valence electrons. The molecule has 0 aliphatic carbocycles. The number of carbonyl (C=O) groups excluding carboxylic acids is 1. The SMILES string of the molecule is CC(C)c1ccc(-c2ccc(C(=O)c3ccccc3)cc2)cc1C(C)C. The largest absolute Gasteiger partial charge is 0.289 e. The zero-order valence-corrected chi connectivity index (χ0v) is 16.0.